The minimum absolute atomic E-state index is 0.0352. The van der Waals surface area contributed by atoms with Crippen molar-refractivity contribution in [3.63, 3.8) is 0 Å². The van der Waals surface area contributed by atoms with Crippen LogP contribution in [-0.2, 0) is 24.2 Å². The Balaban J connectivity index is 1.68. The van der Waals surface area contributed by atoms with Crippen LogP contribution in [0.2, 0.25) is 0 Å². The number of fused-ring (bicyclic) bond motifs is 1. The van der Waals surface area contributed by atoms with E-state index in [2.05, 4.69) is 15.1 Å². The van der Waals surface area contributed by atoms with Gasteiger partial charge in [0, 0.05) is 32.0 Å². The van der Waals surface area contributed by atoms with Gasteiger partial charge >= 0.3 is 0 Å². The number of likely N-dealkylation sites (tertiary alicyclic amines) is 1. The van der Waals surface area contributed by atoms with Gasteiger partial charge in [0.2, 0.25) is 5.91 Å². The first kappa shape index (κ1) is 19.4. The second kappa shape index (κ2) is 7.46. The van der Waals surface area contributed by atoms with Gasteiger partial charge in [-0.3, -0.25) is 14.4 Å². The van der Waals surface area contributed by atoms with Gasteiger partial charge in [0.1, 0.15) is 17.1 Å². The van der Waals surface area contributed by atoms with Crippen LogP contribution in [0.3, 0.4) is 0 Å². The molecule has 1 fully saturated rings. The molecule has 4 rings (SSSR count). The summed E-state index contributed by atoms with van der Waals surface area (Å²) in [7, 11) is 0. The quantitative estimate of drug-likeness (QED) is 0.837. The predicted octanol–water partition coefficient (Wildman–Crippen LogP) is 1.51. The van der Waals surface area contributed by atoms with Crippen LogP contribution in [0.5, 0.6) is 0 Å². The van der Waals surface area contributed by atoms with Gasteiger partial charge < -0.3 is 19.3 Å². The summed E-state index contributed by atoms with van der Waals surface area (Å²) in [5.41, 5.74) is 2.15. The molecule has 1 atom stereocenters. The lowest BCUT2D eigenvalue weighted by Crippen LogP contribution is -2.39. The zero-order chi connectivity index (χ0) is 20.7. The van der Waals surface area contributed by atoms with E-state index in [9.17, 15) is 14.4 Å². The summed E-state index contributed by atoms with van der Waals surface area (Å²) in [6.45, 7) is 6.62. The van der Waals surface area contributed by atoms with Crippen molar-refractivity contribution < 1.29 is 14.1 Å². The fourth-order valence-corrected chi connectivity index (χ4v) is 4.26. The Morgan fingerprint density at radius 1 is 1.31 bits per heavy atom. The van der Waals surface area contributed by atoms with Gasteiger partial charge in [0.25, 0.3) is 11.5 Å². The first-order chi connectivity index (χ1) is 13.9. The first-order valence-corrected chi connectivity index (χ1v) is 10.0. The summed E-state index contributed by atoms with van der Waals surface area (Å²) in [6.07, 6.45) is 2.61. The highest BCUT2D eigenvalue weighted by molar-refractivity contribution is 5.96. The number of H-pyrrole nitrogens is 1. The van der Waals surface area contributed by atoms with Gasteiger partial charge in [-0.15, -0.1) is 0 Å². The molecule has 4 heterocycles. The number of amides is 2. The van der Waals surface area contributed by atoms with Crippen molar-refractivity contribution in [2.24, 2.45) is 0 Å². The topological polar surface area (TPSA) is 112 Å². The standard InChI is InChI=1S/C20H25N5O4/c1-4-16-17(11(2)23-29-16)20(28)25-8-5-6-15(25)18-21-14-10-24(12(3)26)9-7-13(14)19(27)22-18/h15H,4-10H2,1-3H3,(H,21,22,27). The highest BCUT2D eigenvalue weighted by Gasteiger charge is 2.36. The van der Waals surface area contributed by atoms with Crippen LogP contribution in [0, 0.1) is 6.92 Å². The summed E-state index contributed by atoms with van der Waals surface area (Å²) in [5.74, 6) is 0.875. The average molecular weight is 399 g/mol. The summed E-state index contributed by atoms with van der Waals surface area (Å²) >= 11 is 0. The van der Waals surface area contributed by atoms with E-state index in [4.69, 9.17) is 4.52 Å². The third-order valence-electron chi connectivity index (χ3n) is 5.83. The van der Waals surface area contributed by atoms with Gasteiger partial charge in [-0.05, 0) is 26.2 Å². The van der Waals surface area contributed by atoms with E-state index in [0.717, 1.165) is 12.8 Å². The third kappa shape index (κ3) is 3.34. The molecule has 0 aromatic carbocycles. The number of nitrogens with one attached hydrogen (secondary N) is 1. The molecule has 1 saturated heterocycles. The summed E-state index contributed by atoms with van der Waals surface area (Å²) in [6, 6.07) is -0.313. The maximum Gasteiger partial charge on any atom is 0.260 e. The fourth-order valence-electron chi connectivity index (χ4n) is 4.26. The van der Waals surface area contributed by atoms with E-state index in [1.165, 1.54) is 6.92 Å². The summed E-state index contributed by atoms with van der Waals surface area (Å²) in [4.78, 5) is 48.7. The summed E-state index contributed by atoms with van der Waals surface area (Å²) in [5, 5.41) is 3.94. The van der Waals surface area contributed by atoms with E-state index < -0.39 is 0 Å². The molecule has 2 aromatic heterocycles. The number of rotatable bonds is 3. The van der Waals surface area contributed by atoms with Gasteiger partial charge in [-0.2, -0.15) is 0 Å². The SMILES string of the molecule is CCc1onc(C)c1C(=O)N1CCCC1c1nc2c(c(=O)[nH]1)CCN(C(C)=O)C2. The number of carbonyl (C=O) groups is 2. The Bertz CT molecular complexity index is 1020. The van der Waals surface area contributed by atoms with Crippen molar-refractivity contribution in [1.82, 2.24) is 24.9 Å². The highest BCUT2D eigenvalue weighted by Crippen LogP contribution is 2.32. The molecule has 1 N–H and O–H groups in total. The van der Waals surface area contributed by atoms with Crippen LogP contribution in [0.4, 0.5) is 0 Å². The number of aromatic amines is 1. The number of nitrogens with zero attached hydrogens (tertiary/aromatic N) is 4. The van der Waals surface area contributed by atoms with Crippen molar-refractivity contribution >= 4 is 11.8 Å². The smallest absolute Gasteiger partial charge is 0.260 e. The Labute approximate surface area is 168 Å². The molecule has 9 heteroatoms. The molecule has 2 amide bonds. The first-order valence-electron chi connectivity index (χ1n) is 10.0. The van der Waals surface area contributed by atoms with E-state index in [1.54, 1.807) is 16.7 Å². The minimum Gasteiger partial charge on any atom is -0.360 e. The van der Waals surface area contributed by atoms with Crippen molar-refractivity contribution in [2.45, 2.75) is 59.0 Å². The monoisotopic (exact) mass is 399 g/mol. The van der Waals surface area contributed by atoms with Gasteiger partial charge in [-0.25, -0.2) is 4.98 Å². The molecule has 0 spiro atoms. The van der Waals surface area contributed by atoms with Crippen molar-refractivity contribution in [3.05, 3.63) is 44.5 Å². The van der Waals surface area contributed by atoms with Crippen LogP contribution in [0.15, 0.2) is 9.32 Å². The molecular weight excluding hydrogens is 374 g/mol. The lowest BCUT2D eigenvalue weighted by Gasteiger charge is -2.28. The molecule has 0 radical (unpaired) electrons. The van der Waals surface area contributed by atoms with Crippen LogP contribution in [-0.4, -0.2) is 49.8 Å². The molecule has 0 aliphatic carbocycles. The number of hydrogen-bond donors (Lipinski definition) is 1. The van der Waals surface area contributed by atoms with Crippen LogP contribution in [0.25, 0.3) is 0 Å². The largest absolute Gasteiger partial charge is 0.360 e. The number of aromatic nitrogens is 3. The molecule has 9 nitrogen and oxygen atoms in total. The number of hydrogen-bond acceptors (Lipinski definition) is 6. The van der Waals surface area contributed by atoms with Crippen LogP contribution >= 0.6 is 0 Å². The molecule has 0 saturated carbocycles. The zero-order valence-electron chi connectivity index (χ0n) is 16.9. The van der Waals surface area contributed by atoms with Gasteiger partial charge in [-0.1, -0.05) is 12.1 Å². The fraction of sp³-hybridized carbons (Fsp3) is 0.550. The molecular formula is C20H25N5O4. The second-order valence-electron chi connectivity index (χ2n) is 7.64. The molecule has 1 unspecified atom stereocenters. The Morgan fingerprint density at radius 3 is 2.83 bits per heavy atom. The maximum absolute atomic E-state index is 13.3. The Morgan fingerprint density at radius 2 is 2.10 bits per heavy atom. The van der Waals surface area contributed by atoms with E-state index in [0.29, 0.717) is 66.6 Å². The molecule has 29 heavy (non-hydrogen) atoms. The van der Waals surface area contributed by atoms with Gasteiger partial charge in [0.15, 0.2) is 0 Å². The van der Waals surface area contributed by atoms with E-state index >= 15 is 0 Å². The zero-order valence-corrected chi connectivity index (χ0v) is 16.9. The third-order valence-corrected chi connectivity index (χ3v) is 5.83. The molecule has 154 valence electrons. The molecule has 2 aliphatic rings. The number of carbonyl (C=O) groups excluding carboxylic acids is 2. The molecule has 0 bridgehead atoms. The Hall–Kier alpha value is -2.97. The van der Waals surface area contributed by atoms with Crippen LogP contribution in [0.1, 0.15) is 71.6 Å². The average Bonchev–Trinajstić information content (AvgIpc) is 3.33. The van der Waals surface area contributed by atoms with E-state index in [1.807, 2.05) is 6.92 Å². The lowest BCUT2D eigenvalue weighted by molar-refractivity contribution is -0.129. The molecule has 2 aliphatic heterocycles. The van der Waals surface area contributed by atoms with Crippen molar-refractivity contribution in [3.8, 4) is 0 Å². The highest BCUT2D eigenvalue weighted by atomic mass is 16.5. The molecule has 2 aromatic rings. The maximum atomic E-state index is 13.3. The predicted molar refractivity (Wildman–Crippen MR) is 103 cm³/mol. The Kier molecular flexibility index (Phi) is 4.97. The summed E-state index contributed by atoms with van der Waals surface area (Å²) < 4.78 is 5.29. The lowest BCUT2D eigenvalue weighted by atomic mass is 10.1. The minimum atomic E-state index is -0.313. The van der Waals surface area contributed by atoms with Gasteiger partial charge in [0.05, 0.1) is 24.0 Å². The van der Waals surface area contributed by atoms with Crippen LogP contribution < -0.4 is 5.56 Å². The second-order valence-corrected chi connectivity index (χ2v) is 7.64. The number of aryl methyl sites for hydroxylation is 2. The normalized spacial score (nSPS) is 18.8. The van der Waals surface area contributed by atoms with Crippen molar-refractivity contribution in [2.75, 3.05) is 13.1 Å². The van der Waals surface area contributed by atoms with Crippen molar-refractivity contribution in [1.29, 1.82) is 0 Å². The van der Waals surface area contributed by atoms with E-state index in [-0.39, 0.29) is 23.4 Å².